The van der Waals surface area contributed by atoms with Gasteiger partial charge in [0.05, 0.1) is 18.1 Å². The monoisotopic (exact) mass is 391 g/mol. The molecular weight excluding hydrogens is 374 g/mol. The molecule has 0 radical (unpaired) electrons. The highest BCUT2D eigenvalue weighted by molar-refractivity contribution is 7.13. The Morgan fingerprint density at radius 1 is 1.26 bits per heavy atom. The second-order valence-corrected chi connectivity index (χ2v) is 6.62. The highest BCUT2D eigenvalue weighted by Crippen LogP contribution is 2.21. The molecule has 2 heterocycles. The molecule has 1 saturated heterocycles. The van der Waals surface area contributed by atoms with E-state index in [1.54, 1.807) is 12.3 Å². The van der Waals surface area contributed by atoms with Gasteiger partial charge in [-0.25, -0.2) is 4.98 Å². The third kappa shape index (κ3) is 4.38. The number of aromatic nitrogens is 1. The van der Waals surface area contributed by atoms with Crippen LogP contribution in [0.25, 0.3) is 0 Å². The number of hydrogen-bond acceptors (Lipinski definition) is 8. The lowest BCUT2D eigenvalue weighted by Gasteiger charge is -2.25. The van der Waals surface area contributed by atoms with Crippen LogP contribution in [0.15, 0.2) is 23.6 Å². The fourth-order valence-electron chi connectivity index (χ4n) is 2.47. The zero-order chi connectivity index (χ0) is 19.4. The number of amides is 2. The van der Waals surface area contributed by atoms with Gasteiger partial charge in [-0.1, -0.05) is 6.07 Å². The number of rotatable bonds is 4. The van der Waals surface area contributed by atoms with E-state index in [4.69, 9.17) is 4.74 Å². The molecule has 0 bridgehead atoms. The summed E-state index contributed by atoms with van der Waals surface area (Å²) in [5.74, 6) is -1.23. The number of carbonyl (C=O) groups is 2. The molecule has 0 spiro atoms. The van der Waals surface area contributed by atoms with E-state index < -0.39 is 16.7 Å². The Hall–Kier alpha value is -3.05. The number of benzene rings is 1. The van der Waals surface area contributed by atoms with Gasteiger partial charge in [-0.05, 0) is 13.0 Å². The quantitative estimate of drug-likeness (QED) is 0.593. The number of nitro benzene ring substituents is 1. The van der Waals surface area contributed by atoms with Gasteiger partial charge in [-0.15, -0.1) is 11.3 Å². The summed E-state index contributed by atoms with van der Waals surface area (Å²) in [7, 11) is 0. The maximum absolute atomic E-state index is 12.2. The highest BCUT2D eigenvalue weighted by Gasteiger charge is 2.19. The fraction of sp³-hybridized carbons (Fsp3) is 0.312. The number of carbonyl (C=O) groups excluding carboxylic acids is 2. The van der Waals surface area contributed by atoms with E-state index in [-0.39, 0.29) is 16.9 Å². The number of hydrazine groups is 1. The molecule has 11 heteroatoms. The topological polar surface area (TPSA) is 127 Å². The first kappa shape index (κ1) is 18.7. The largest absolute Gasteiger partial charge is 0.378 e. The molecule has 2 aromatic rings. The van der Waals surface area contributed by atoms with Gasteiger partial charge in [0.25, 0.3) is 17.5 Å². The molecule has 0 unspecified atom stereocenters. The van der Waals surface area contributed by atoms with Crippen LogP contribution in [0.4, 0.5) is 10.8 Å². The van der Waals surface area contributed by atoms with Gasteiger partial charge in [0.1, 0.15) is 5.69 Å². The molecule has 2 N–H and O–H groups in total. The summed E-state index contributed by atoms with van der Waals surface area (Å²) in [6, 6.07) is 4.09. The zero-order valence-electron chi connectivity index (χ0n) is 14.4. The molecule has 27 heavy (non-hydrogen) atoms. The molecule has 0 saturated carbocycles. The third-order valence-electron chi connectivity index (χ3n) is 3.96. The van der Waals surface area contributed by atoms with Crippen molar-refractivity contribution in [2.24, 2.45) is 0 Å². The molecule has 1 fully saturated rings. The molecule has 0 aliphatic carbocycles. The number of morpholine rings is 1. The van der Waals surface area contributed by atoms with Crippen LogP contribution in [0.2, 0.25) is 0 Å². The Labute approximate surface area is 158 Å². The smallest absolute Gasteiger partial charge is 0.289 e. The maximum Gasteiger partial charge on any atom is 0.289 e. The van der Waals surface area contributed by atoms with Crippen LogP contribution in [0, 0.1) is 17.0 Å². The van der Waals surface area contributed by atoms with Gasteiger partial charge in [-0.2, -0.15) is 0 Å². The van der Waals surface area contributed by atoms with Crippen molar-refractivity contribution in [3.05, 3.63) is 50.5 Å². The van der Waals surface area contributed by atoms with Crippen molar-refractivity contribution >= 4 is 34.0 Å². The van der Waals surface area contributed by atoms with Gasteiger partial charge in [-0.3, -0.25) is 30.6 Å². The second-order valence-electron chi connectivity index (χ2n) is 5.78. The Morgan fingerprint density at radius 2 is 1.96 bits per heavy atom. The van der Waals surface area contributed by atoms with E-state index >= 15 is 0 Å². The Kier molecular flexibility index (Phi) is 5.62. The molecule has 1 aliphatic rings. The van der Waals surface area contributed by atoms with E-state index in [0.717, 1.165) is 6.07 Å². The summed E-state index contributed by atoms with van der Waals surface area (Å²) in [4.78, 5) is 41.0. The average molecular weight is 391 g/mol. The van der Waals surface area contributed by atoms with Crippen LogP contribution < -0.4 is 15.8 Å². The number of nitrogens with zero attached hydrogens (tertiary/aromatic N) is 3. The minimum Gasteiger partial charge on any atom is -0.378 e. The van der Waals surface area contributed by atoms with E-state index in [1.807, 2.05) is 4.90 Å². The lowest BCUT2D eigenvalue weighted by Crippen LogP contribution is -2.42. The first-order chi connectivity index (χ1) is 13.0. The predicted octanol–water partition coefficient (Wildman–Crippen LogP) is 1.27. The van der Waals surface area contributed by atoms with Crippen molar-refractivity contribution in [2.75, 3.05) is 31.2 Å². The van der Waals surface area contributed by atoms with Crippen molar-refractivity contribution in [2.45, 2.75) is 6.92 Å². The number of anilines is 1. The molecule has 1 aliphatic heterocycles. The summed E-state index contributed by atoms with van der Waals surface area (Å²) < 4.78 is 5.28. The van der Waals surface area contributed by atoms with Crippen molar-refractivity contribution in [1.82, 2.24) is 15.8 Å². The standard InChI is InChI=1S/C16H17N5O5S/c1-10-2-3-11(8-13(10)21(24)25)14(22)18-19-15(23)12-9-27-16(17-12)20-4-6-26-7-5-20/h2-3,8-9H,4-7H2,1H3,(H,18,22)(H,19,23). The van der Waals surface area contributed by atoms with Crippen molar-refractivity contribution in [3.63, 3.8) is 0 Å². The predicted molar refractivity (Wildman–Crippen MR) is 97.9 cm³/mol. The Balaban J connectivity index is 1.60. The molecule has 10 nitrogen and oxygen atoms in total. The Morgan fingerprint density at radius 3 is 2.67 bits per heavy atom. The van der Waals surface area contributed by atoms with Crippen LogP contribution in [0.1, 0.15) is 26.4 Å². The van der Waals surface area contributed by atoms with E-state index in [0.29, 0.717) is 37.0 Å². The maximum atomic E-state index is 12.2. The molecule has 1 aromatic heterocycles. The summed E-state index contributed by atoms with van der Waals surface area (Å²) in [6.45, 7) is 4.21. The van der Waals surface area contributed by atoms with Crippen LogP contribution in [-0.4, -0.2) is 48.0 Å². The average Bonchev–Trinajstić information content (AvgIpc) is 3.17. The molecular formula is C16H17N5O5S. The van der Waals surface area contributed by atoms with E-state index in [9.17, 15) is 19.7 Å². The second kappa shape index (κ2) is 8.10. The van der Waals surface area contributed by atoms with Crippen LogP contribution in [0.5, 0.6) is 0 Å². The minimum absolute atomic E-state index is 0.0693. The van der Waals surface area contributed by atoms with Gasteiger partial charge < -0.3 is 9.64 Å². The van der Waals surface area contributed by atoms with Gasteiger partial charge in [0.15, 0.2) is 5.13 Å². The summed E-state index contributed by atoms with van der Waals surface area (Å²) in [6.07, 6.45) is 0. The number of nitrogens with one attached hydrogen (secondary N) is 2. The lowest BCUT2D eigenvalue weighted by molar-refractivity contribution is -0.385. The van der Waals surface area contributed by atoms with Crippen molar-refractivity contribution in [1.29, 1.82) is 0 Å². The van der Waals surface area contributed by atoms with E-state index in [1.165, 1.54) is 23.5 Å². The van der Waals surface area contributed by atoms with Crippen molar-refractivity contribution < 1.29 is 19.2 Å². The molecule has 3 rings (SSSR count). The van der Waals surface area contributed by atoms with Gasteiger partial charge in [0, 0.05) is 35.7 Å². The van der Waals surface area contributed by atoms with Crippen LogP contribution in [-0.2, 0) is 4.74 Å². The Bertz CT molecular complexity index is 878. The van der Waals surface area contributed by atoms with E-state index in [2.05, 4.69) is 15.8 Å². The third-order valence-corrected chi connectivity index (χ3v) is 4.87. The zero-order valence-corrected chi connectivity index (χ0v) is 15.2. The number of hydrogen-bond donors (Lipinski definition) is 2. The summed E-state index contributed by atoms with van der Waals surface area (Å²) >= 11 is 1.33. The van der Waals surface area contributed by atoms with Gasteiger partial charge >= 0.3 is 0 Å². The molecule has 142 valence electrons. The first-order valence-corrected chi connectivity index (χ1v) is 8.97. The number of aryl methyl sites for hydroxylation is 1. The van der Waals surface area contributed by atoms with Crippen LogP contribution in [0.3, 0.4) is 0 Å². The summed E-state index contributed by atoms with van der Waals surface area (Å²) in [5, 5.41) is 13.3. The molecule has 2 amide bonds. The number of nitro groups is 1. The van der Waals surface area contributed by atoms with Gasteiger partial charge in [0.2, 0.25) is 0 Å². The first-order valence-electron chi connectivity index (χ1n) is 8.09. The van der Waals surface area contributed by atoms with Crippen molar-refractivity contribution in [3.8, 4) is 0 Å². The number of thiazole rings is 1. The molecule has 1 aromatic carbocycles. The normalized spacial score (nSPS) is 13.9. The summed E-state index contributed by atoms with van der Waals surface area (Å²) in [5.41, 5.74) is 5.04. The fourth-order valence-corrected chi connectivity index (χ4v) is 3.32. The SMILES string of the molecule is Cc1ccc(C(=O)NNC(=O)c2csc(N3CCOCC3)n2)cc1[N+](=O)[O-]. The lowest BCUT2D eigenvalue weighted by atomic mass is 10.1. The minimum atomic E-state index is -0.657. The molecule has 0 atom stereocenters. The van der Waals surface area contributed by atoms with Crippen LogP contribution >= 0.6 is 11.3 Å². The highest BCUT2D eigenvalue weighted by atomic mass is 32.1. The number of ether oxygens (including phenoxy) is 1.